The van der Waals surface area contributed by atoms with Gasteiger partial charge in [-0.15, -0.1) is 0 Å². The quantitative estimate of drug-likeness (QED) is 0.593. The summed E-state index contributed by atoms with van der Waals surface area (Å²) < 4.78 is 0. The number of fused-ring (bicyclic) bond motifs is 1. The van der Waals surface area contributed by atoms with Gasteiger partial charge in [0.15, 0.2) is 0 Å². The summed E-state index contributed by atoms with van der Waals surface area (Å²) in [7, 11) is 0. The minimum absolute atomic E-state index is 1.07. The molecular formula is C11H11N. The highest BCUT2D eigenvalue weighted by Gasteiger charge is 2.08. The number of rotatable bonds is 1. The van der Waals surface area contributed by atoms with Crippen LogP contribution in [0.5, 0.6) is 0 Å². The van der Waals surface area contributed by atoms with Crippen molar-refractivity contribution in [2.24, 2.45) is 4.99 Å². The van der Waals surface area contributed by atoms with E-state index in [9.17, 15) is 0 Å². The third-order valence-electron chi connectivity index (χ3n) is 1.98. The molecule has 1 aromatic carbocycles. The molecule has 0 saturated carbocycles. The number of para-hydroxylation sites is 1. The van der Waals surface area contributed by atoms with E-state index in [0.717, 1.165) is 12.1 Å². The van der Waals surface area contributed by atoms with Gasteiger partial charge in [-0.1, -0.05) is 31.2 Å². The van der Waals surface area contributed by atoms with Crippen molar-refractivity contribution < 1.29 is 0 Å². The molecule has 1 aromatic rings. The van der Waals surface area contributed by atoms with Crippen LogP contribution in [0.25, 0.3) is 5.57 Å². The van der Waals surface area contributed by atoms with Gasteiger partial charge in [0.25, 0.3) is 0 Å². The Labute approximate surface area is 72.5 Å². The van der Waals surface area contributed by atoms with Gasteiger partial charge >= 0.3 is 0 Å². The lowest BCUT2D eigenvalue weighted by Gasteiger charge is -1.96. The molecule has 0 aliphatic carbocycles. The Morgan fingerprint density at radius 3 is 3.00 bits per heavy atom. The van der Waals surface area contributed by atoms with E-state index in [1.165, 1.54) is 11.1 Å². The van der Waals surface area contributed by atoms with Gasteiger partial charge in [0.05, 0.1) is 5.69 Å². The van der Waals surface area contributed by atoms with E-state index < -0.39 is 0 Å². The molecule has 0 N–H and O–H groups in total. The Morgan fingerprint density at radius 1 is 1.33 bits per heavy atom. The topological polar surface area (TPSA) is 12.4 Å². The molecule has 1 heteroatoms. The van der Waals surface area contributed by atoms with Gasteiger partial charge in [-0.05, 0) is 18.1 Å². The Kier molecular flexibility index (Phi) is 1.78. The molecule has 0 saturated heterocycles. The van der Waals surface area contributed by atoms with Crippen LogP contribution in [0.4, 0.5) is 5.69 Å². The highest BCUT2D eigenvalue weighted by molar-refractivity contribution is 6.16. The number of hydrogen-bond acceptors (Lipinski definition) is 1. The van der Waals surface area contributed by atoms with Crippen molar-refractivity contribution in [2.75, 3.05) is 0 Å². The van der Waals surface area contributed by atoms with E-state index in [0.29, 0.717) is 0 Å². The van der Waals surface area contributed by atoms with Crippen LogP contribution in [0.1, 0.15) is 18.9 Å². The number of hydrogen-bond donors (Lipinski definition) is 0. The van der Waals surface area contributed by atoms with E-state index >= 15 is 0 Å². The highest BCUT2D eigenvalue weighted by atomic mass is 14.7. The second-order valence-corrected chi connectivity index (χ2v) is 2.84. The number of allylic oxidation sites excluding steroid dienone is 2. The van der Waals surface area contributed by atoms with Crippen molar-refractivity contribution in [3.05, 3.63) is 35.9 Å². The molecule has 0 fully saturated rings. The summed E-state index contributed by atoms with van der Waals surface area (Å²) in [5.41, 5.74) is 3.62. The van der Waals surface area contributed by atoms with Crippen LogP contribution in [0.15, 0.2) is 35.3 Å². The van der Waals surface area contributed by atoms with E-state index in [4.69, 9.17) is 0 Å². The van der Waals surface area contributed by atoms with Crippen LogP contribution in [-0.4, -0.2) is 6.21 Å². The molecule has 0 unspecified atom stereocenters. The molecule has 1 aliphatic rings. The van der Waals surface area contributed by atoms with E-state index in [1.807, 2.05) is 18.3 Å². The maximum Gasteiger partial charge on any atom is 0.0708 e. The fraction of sp³-hybridized carbons (Fsp3) is 0.182. The van der Waals surface area contributed by atoms with Crippen LogP contribution in [0.2, 0.25) is 0 Å². The average Bonchev–Trinajstić information content (AvgIpc) is 2.50. The summed E-state index contributed by atoms with van der Waals surface area (Å²) in [5.74, 6) is 0. The summed E-state index contributed by atoms with van der Waals surface area (Å²) in [6, 6.07) is 8.23. The number of aliphatic imine (C=N–C) groups is 1. The van der Waals surface area contributed by atoms with Gasteiger partial charge in [0, 0.05) is 11.8 Å². The van der Waals surface area contributed by atoms with Crippen molar-refractivity contribution in [3.63, 3.8) is 0 Å². The van der Waals surface area contributed by atoms with E-state index in [-0.39, 0.29) is 0 Å². The van der Waals surface area contributed by atoms with Crippen LogP contribution in [-0.2, 0) is 0 Å². The zero-order chi connectivity index (χ0) is 8.39. The smallest absolute Gasteiger partial charge is 0.0708 e. The van der Waals surface area contributed by atoms with Gasteiger partial charge in [0.1, 0.15) is 0 Å². The molecule has 12 heavy (non-hydrogen) atoms. The van der Waals surface area contributed by atoms with Crippen molar-refractivity contribution in [2.45, 2.75) is 13.3 Å². The molecule has 1 heterocycles. The molecule has 0 aromatic heterocycles. The standard InChI is InChI=1S/C11H11N/c1-2-5-9-8-12-11-7-4-3-6-10(9)11/h3-8H,2H2,1H3. The van der Waals surface area contributed by atoms with Crippen LogP contribution in [0, 0.1) is 0 Å². The zero-order valence-corrected chi connectivity index (χ0v) is 7.12. The lowest BCUT2D eigenvalue weighted by molar-refractivity contribution is 1.23. The Morgan fingerprint density at radius 2 is 2.17 bits per heavy atom. The zero-order valence-electron chi connectivity index (χ0n) is 7.12. The molecule has 2 rings (SSSR count). The van der Waals surface area contributed by atoms with Gasteiger partial charge in [-0.2, -0.15) is 0 Å². The Hall–Kier alpha value is -1.37. The Balaban J connectivity index is 2.49. The third-order valence-corrected chi connectivity index (χ3v) is 1.98. The van der Waals surface area contributed by atoms with Crippen molar-refractivity contribution in [1.82, 2.24) is 0 Å². The Bertz CT molecular complexity index is 348. The molecule has 0 bridgehead atoms. The summed E-state index contributed by atoms with van der Waals surface area (Å²) >= 11 is 0. The first kappa shape index (κ1) is 7.29. The first-order valence-electron chi connectivity index (χ1n) is 4.25. The molecule has 0 spiro atoms. The highest BCUT2D eigenvalue weighted by Crippen LogP contribution is 2.30. The average molecular weight is 157 g/mol. The summed E-state index contributed by atoms with van der Waals surface area (Å²) in [6.45, 7) is 2.14. The van der Waals surface area contributed by atoms with Gasteiger partial charge in [-0.25, -0.2) is 0 Å². The molecule has 1 nitrogen and oxygen atoms in total. The maximum absolute atomic E-state index is 4.31. The number of benzene rings is 1. The second-order valence-electron chi connectivity index (χ2n) is 2.84. The van der Waals surface area contributed by atoms with Crippen molar-refractivity contribution in [3.8, 4) is 0 Å². The van der Waals surface area contributed by atoms with Crippen LogP contribution in [0.3, 0.4) is 0 Å². The minimum Gasteiger partial charge on any atom is -0.256 e. The van der Waals surface area contributed by atoms with Crippen molar-refractivity contribution >= 4 is 17.5 Å². The predicted octanol–water partition coefficient (Wildman–Crippen LogP) is 3.20. The second kappa shape index (κ2) is 2.94. The SMILES string of the molecule is CCC=C1C=Nc2ccccc21. The molecular weight excluding hydrogens is 146 g/mol. The lowest BCUT2D eigenvalue weighted by atomic mass is 10.1. The fourth-order valence-electron chi connectivity index (χ4n) is 1.42. The van der Waals surface area contributed by atoms with Gasteiger partial charge in [-0.3, -0.25) is 4.99 Å². The van der Waals surface area contributed by atoms with E-state index in [2.05, 4.69) is 30.1 Å². The maximum atomic E-state index is 4.31. The first-order valence-corrected chi connectivity index (χ1v) is 4.25. The van der Waals surface area contributed by atoms with Crippen LogP contribution >= 0.6 is 0 Å². The lowest BCUT2D eigenvalue weighted by Crippen LogP contribution is -1.77. The van der Waals surface area contributed by atoms with Gasteiger partial charge < -0.3 is 0 Å². The van der Waals surface area contributed by atoms with Gasteiger partial charge in [0.2, 0.25) is 0 Å². The largest absolute Gasteiger partial charge is 0.256 e. The first-order chi connectivity index (χ1) is 5.92. The summed E-state index contributed by atoms with van der Waals surface area (Å²) in [5, 5.41) is 0. The third kappa shape index (κ3) is 1.07. The van der Waals surface area contributed by atoms with Crippen molar-refractivity contribution in [1.29, 1.82) is 0 Å². The van der Waals surface area contributed by atoms with Crippen LogP contribution < -0.4 is 0 Å². The summed E-state index contributed by atoms with van der Waals surface area (Å²) in [6.07, 6.45) is 5.21. The molecule has 0 atom stereocenters. The molecule has 0 radical (unpaired) electrons. The summed E-state index contributed by atoms with van der Waals surface area (Å²) in [4.78, 5) is 4.31. The normalized spacial score (nSPS) is 16.9. The fourth-order valence-corrected chi connectivity index (χ4v) is 1.42. The molecule has 0 amide bonds. The monoisotopic (exact) mass is 157 g/mol. The molecule has 60 valence electrons. The molecule has 1 aliphatic heterocycles. The van der Waals surface area contributed by atoms with E-state index in [1.54, 1.807) is 0 Å². The predicted molar refractivity (Wildman–Crippen MR) is 52.9 cm³/mol. The minimum atomic E-state index is 1.07. The number of nitrogens with zero attached hydrogens (tertiary/aromatic N) is 1.